The van der Waals surface area contributed by atoms with Crippen molar-refractivity contribution in [2.75, 3.05) is 0 Å². The van der Waals surface area contributed by atoms with E-state index in [1.54, 1.807) is 0 Å². The van der Waals surface area contributed by atoms with Gasteiger partial charge in [-0.25, -0.2) is 4.39 Å². The number of nitrogens with one attached hydrogen (secondary N) is 1. The first-order chi connectivity index (χ1) is 7.13. The third-order valence-corrected chi connectivity index (χ3v) is 8.62. The van der Waals surface area contributed by atoms with Gasteiger partial charge in [-0.15, -0.1) is 5.69 Å². The smallest absolute Gasteiger partial charge is 0.121 e. The van der Waals surface area contributed by atoms with E-state index >= 15 is 0 Å². The predicted molar refractivity (Wildman–Crippen MR) is 67.6 cm³/mol. The molecule has 0 spiro atoms. The van der Waals surface area contributed by atoms with Crippen molar-refractivity contribution in [3.8, 4) is 0 Å². The van der Waals surface area contributed by atoms with Crippen molar-refractivity contribution in [3.05, 3.63) is 35.8 Å². The minimum atomic E-state index is -0.403. The Morgan fingerprint density at radius 3 is 1.87 bits per heavy atom. The zero-order chi connectivity index (χ0) is 11.7. The van der Waals surface area contributed by atoms with E-state index in [-0.39, 0.29) is 11.5 Å². The first-order valence-electron chi connectivity index (χ1n) is 5.44. The zero-order valence-electron chi connectivity index (χ0n) is 9.81. The number of hydrogen-bond acceptors (Lipinski definition) is 0. The summed E-state index contributed by atoms with van der Waals surface area (Å²) in [7, 11) is 0. The Hall–Kier alpha value is -0.507. The molecule has 0 aromatic heterocycles. The normalized spacial score (nSPS) is 9.67. The van der Waals surface area contributed by atoms with Crippen LogP contribution < -0.4 is 0 Å². The van der Waals surface area contributed by atoms with Crippen LogP contribution in [-0.4, -0.2) is 14.3 Å². The van der Waals surface area contributed by atoms with E-state index < -0.39 is 14.3 Å². The van der Waals surface area contributed by atoms with Crippen LogP contribution in [0.4, 0.5) is 10.1 Å². The topological polar surface area (TPSA) is 23.8 Å². The maximum Gasteiger partial charge on any atom is 0.121 e. The van der Waals surface area contributed by atoms with Gasteiger partial charge in [0.2, 0.25) is 0 Å². The van der Waals surface area contributed by atoms with Crippen molar-refractivity contribution in [1.82, 2.24) is 0 Å². The Morgan fingerprint density at radius 1 is 1.13 bits per heavy atom. The molecule has 1 nitrogen and oxygen atoms in total. The van der Waals surface area contributed by atoms with Gasteiger partial charge in [0.05, 0.1) is 0 Å². The van der Waals surface area contributed by atoms with E-state index in [1.807, 2.05) is 0 Å². The number of hydrogen-bond donors (Lipinski definition) is 0. The van der Waals surface area contributed by atoms with Gasteiger partial charge in [-0.3, -0.25) is 0 Å². The average Bonchev–Trinajstić information content (AvgIpc) is 2.21. The molecule has 0 aliphatic rings. The van der Waals surface area contributed by atoms with Crippen LogP contribution in [0.3, 0.4) is 0 Å². The maximum absolute atomic E-state index is 12.0. The second-order valence-electron chi connectivity index (χ2n) is 3.32. The zero-order valence-corrected chi connectivity index (χ0v) is 11.9. The molecule has 0 atom stereocenters. The fraction of sp³-hybridized carbons (Fsp3) is 0.500. The molecule has 0 amide bonds. The number of halogens is 1. The van der Waals surface area contributed by atoms with Gasteiger partial charge < -0.3 is 5.73 Å². The minimum absolute atomic E-state index is 0.213. The summed E-state index contributed by atoms with van der Waals surface area (Å²) >= 11 is -0.403. The fourth-order valence-electron chi connectivity index (χ4n) is 1.24. The molecule has 0 aliphatic heterocycles. The fourth-order valence-corrected chi connectivity index (χ4v) is 4.39. The van der Waals surface area contributed by atoms with Crippen molar-refractivity contribution in [2.45, 2.75) is 36.5 Å². The molecule has 0 aliphatic carbocycles. The first-order valence-corrected chi connectivity index (χ1v) is 9.89. The van der Waals surface area contributed by atoms with Crippen LogP contribution in [0.1, 0.15) is 20.8 Å². The van der Waals surface area contributed by atoms with Gasteiger partial charge in [0.25, 0.3) is 0 Å². The Labute approximate surface area is 97.0 Å². The minimum Gasteiger partial charge on any atom is -0.699 e. The predicted octanol–water partition coefficient (Wildman–Crippen LogP) is 5.05. The number of rotatable bonds is 3. The van der Waals surface area contributed by atoms with E-state index in [9.17, 15) is 4.39 Å². The average molecular weight is 270 g/mol. The van der Waals surface area contributed by atoms with Gasteiger partial charge in [-0.2, -0.15) is 0 Å². The molecule has 1 rings (SSSR count). The van der Waals surface area contributed by atoms with Crippen LogP contribution >= 0.6 is 0 Å². The van der Waals surface area contributed by atoms with Gasteiger partial charge in [0, 0.05) is 0 Å². The number of benzene rings is 1. The molecule has 0 unspecified atom stereocenters. The molecular formula is C12H20FGeN-. The Bertz CT molecular complexity index is 239. The molecule has 0 fully saturated rings. The van der Waals surface area contributed by atoms with Crippen LogP contribution in [0.25, 0.3) is 5.73 Å². The molecule has 85 valence electrons. The third-order valence-electron chi connectivity index (χ3n) is 2.32. The summed E-state index contributed by atoms with van der Waals surface area (Å²) in [5.74, 6) is -0.350. The van der Waals surface area contributed by atoms with E-state index in [0.717, 1.165) is 0 Å². The van der Waals surface area contributed by atoms with E-state index in [1.165, 1.54) is 40.0 Å². The SMILES string of the molecule is C[CH2][Ge]([CH2]C)[CH2]C.[NH-]c1cccc(F)c1. The monoisotopic (exact) mass is 271 g/mol. The van der Waals surface area contributed by atoms with E-state index in [4.69, 9.17) is 5.73 Å². The largest absolute Gasteiger partial charge is 0.699 e. The molecule has 0 saturated carbocycles. The summed E-state index contributed by atoms with van der Waals surface area (Å²) in [5.41, 5.74) is 7.11. The molecule has 1 N–H and O–H groups in total. The van der Waals surface area contributed by atoms with Crippen LogP contribution in [0.2, 0.25) is 15.8 Å². The van der Waals surface area contributed by atoms with Gasteiger partial charge in [-0.1, -0.05) is 12.1 Å². The molecule has 0 saturated heterocycles. The molecule has 0 heterocycles. The second-order valence-corrected chi connectivity index (χ2v) is 10.9. The summed E-state index contributed by atoms with van der Waals surface area (Å²) in [6.07, 6.45) is 0. The van der Waals surface area contributed by atoms with Gasteiger partial charge in [0.15, 0.2) is 0 Å². The standard InChI is InChI=1S/C6H5FN.C6H15Ge/c7-5-2-1-3-6(8)4-5;1-4-7(5-2)6-3/h1-4,8H;4-6H2,1-3H3/q-1;. The molecule has 1 aromatic carbocycles. The van der Waals surface area contributed by atoms with Crippen molar-refractivity contribution in [2.24, 2.45) is 0 Å². The van der Waals surface area contributed by atoms with Crippen molar-refractivity contribution >= 4 is 20.0 Å². The summed E-state index contributed by atoms with van der Waals surface area (Å²) < 4.78 is 12.0. The molecule has 0 bridgehead atoms. The van der Waals surface area contributed by atoms with E-state index in [2.05, 4.69) is 20.8 Å². The van der Waals surface area contributed by atoms with Crippen LogP contribution in [0.15, 0.2) is 24.3 Å². The Balaban J connectivity index is 0.000000265. The van der Waals surface area contributed by atoms with Crippen molar-refractivity contribution in [1.29, 1.82) is 0 Å². The van der Waals surface area contributed by atoms with E-state index in [0.29, 0.717) is 0 Å². The first kappa shape index (κ1) is 14.5. The van der Waals surface area contributed by atoms with Gasteiger partial charge in [-0.05, 0) is 12.1 Å². The van der Waals surface area contributed by atoms with Gasteiger partial charge >= 0.3 is 50.9 Å². The van der Waals surface area contributed by atoms with Crippen molar-refractivity contribution in [3.63, 3.8) is 0 Å². The Morgan fingerprint density at radius 2 is 1.67 bits per heavy atom. The third kappa shape index (κ3) is 7.43. The molecule has 1 aromatic rings. The molecule has 15 heavy (non-hydrogen) atoms. The summed E-state index contributed by atoms with van der Waals surface area (Å²) in [5, 5.41) is 4.56. The van der Waals surface area contributed by atoms with Crippen LogP contribution in [0, 0.1) is 5.82 Å². The summed E-state index contributed by atoms with van der Waals surface area (Å²) in [4.78, 5) is 0. The molecular weight excluding hydrogens is 250 g/mol. The Kier molecular flexibility index (Phi) is 8.48. The molecule has 3 heteroatoms. The summed E-state index contributed by atoms with van der Waals surface area (Å²) in [6.45, 7) is 7.01. The van der Waals surface area contributed by atoms with Gasteiger partial charge in [0.1, 0.15) is 5.82 Å². The molecule has 1 radical (unpaired) electrons. The summed E-state index contributed by atoms with van der Waals surface area (Å²) in [6, 6.07) is 5.53. The van der Waals surface area contributed by atoms with Crippen LogP contribution in [-0.2, 0) is 0 Å². The quantitative estimate of drug-likeness (QED) is 0.686. The second kappa shape index (κ2) is 8.77. The maximum atomic E-state index is 12.0. The van der Waals surface area contributed by atoms with Crippen molar-refractivity contribution < 1.29 is 4.39 Å². The van der Waals surface area contributed by atoms with Crippen LogP contribution in [0.5, 0.6) is 0 Å².